The molecule has 108 valence electrons. The van der Waals surface area contributed by atoms with Crippen LogP contribution < -0.4 is 0 Å². The maximum atomic E-state index is 13.1. The lowest BCUT2D eigenvalue weighted by Crippen LogP contribution is -2.04. The maximum absolute atomic E-state index is 13.1. The van der Waals surface area contributed by atoms with Crippen molar-refractivity contribution in [2.45, 2.75) is 12.6 Å². The molecule has 0 bridgehead atoms. The number of nitrogens with zero attached hydrogens (tertiary/aromatic N) is 1. The summed E-state index contributed by atoms with van der Waals surface area (Å²) in [4.78, 5) is 3.97. The van der Waals surface area contributed by atoms with Gasteiger partial charge in [0.15, 0.2) is 0 Å². The zero-order valence-corrected chi connectivity index (χ0v) is 10.5. The molecule has 0 radical (unpaired) electrons. The number of aromatic nitrogens is 1. The van der Waals surface area contributed by atoms with Gasteiger partial charge in [0, 0.05) is 22.5 Å². The first-order chi connectivity index (χ1) is 9.88. The van der Waals surface area contributed by atoms with E-state index in [2.05, 4.69) is 4.98 Å². The average molecular weight is 297 g/mol. The van der Waals surface area contributed by atoms with Gasteiger partial charge in [0.1, 0.15) is 0 Å². The number of hydrogen-bond donors (Lipinski definition) is 0. The van der Waals surface area contributed by atoms with Gasteiger partial charge in [-0.2, -0.15) is 13.2 Å². The number of rotatable bonds is 1. The van der Waals surface area contributed by atoms with Crippen molar-refractivity contribution in [3.05, 3.63) is 53.7 Å². The van der Waals surface area contributed by atoms with E-state index in [9.17, 15) is 22.0 Å². The molecular weight excluding hydrogens is 289 g/mol. The smallest absolute Gasteiger partial charge is 0.256 e. The van der Waals surface area contributed by atoms with Gasteiger partial charge in [-0.25, -0.2) is 8.78 Å². The summed E-state index contributed by atoms with van der Waals surface area (Å²) < 4.78 is 64.3. The summed E-state index contributed by atoms with van der Waals surface area (Å²) in [7, 11) is 0. The molecule has 0 fully saturated rings. The molecule has 3 aromatic rings. The predicted octanol–water partition coefficient (Wildman–Crippen LogP) is 5.34. The highest BCUT2D eigenvalue weighted by Gasteiger charge is 2.30. The molecule has 0 unspecified atom stereocenters. The summed E-state index contributed by atoms with van der Waals surface area (Å²) in [5, 5.41) is 0.716. The summed E-state index contributed by atoms with van der Waals surface area (Å²) in [6, 6.07) is 7.29. The highest BCUT2D eigenvalue weighted by atomic mass is 19.4. The van der Waals surface area contributed by atoms with Crippen molar-refractivity contribution in [2.75, 3.05) is 0 Å². The highest BCUT2D eigenvalue weighted by molar-refractivity contribution is 6.07. The van der Waals surface area contributed by atoms with E-state index in [1.54, 1.807) is 6.07 Å². The molecule has 1 nitrogen and oxygen atoms in total. The second kappa shape index (κ2) is 4.65. The van der Waals surface area contributed by atoms with Crippen LogP contribution >= 0.6 is 0 Å². The zero-order chi connectivity index (χ0) is 15.2. The van der Waals surface area contributed by atoms with Gasteiger partial charge in [-0.05, 0) is 23.6 Å². The predicted molar refractivity (Wildman–Crippen MR) is 69.2 cm³/mol. The quantitative estimate of drug-likeness (QED) is 0.436. The van der Waals surface area contributed by atoms with Crippen molar-refractivity contribution >= 4 is 21.7 Å². The maximum Gasteiger partial charge on any atom is 0.416 e. The van der Waals surface area contributed by atoms with E-state index in [0.29, 0.717) is 10.9 Å². The van der Waals surface area contributed by atoms with Crippen LogP contribution in [0.1, 0.15) is 17.6 Å². The fourth-order valence-corrected chi connectivity index (χ4v) is 2.35. The molecule has 21 heavy (non-hydrogen) atoms. The molecule has 0 aliphatic heterocycles. The third kappa shape index (κ3) is 2.30. The first kappa shape index (κ1) is 13.7. The van der Waals surface area contributed by atoms with E-state index in [-0.39, 0.29) is 16.3 Å². The molecule has 0 N–H and O–H groups in total. The number of hydrogen-bond acceptors (Lipinski definition) is 1. The molecule has 2 aromatic carbocycles. The first-order valence-electron chi connectivity index (χ1n) is 6.04. The molecule has 0 spiro atoms. The molecular formula is C15H8F5N. The van der Waals surface area contributed by atoms with Gasteiger partial charge in [0.05, 0.1) is 11.1 Å². The van der Waals surface area contributed by atoms with E-state index in [1.165, 1.54) is 24.4 Å². The topological polar surface area (TPSA) is 12.9 Å². The Bertz CT molecular complexity index is 823. The minimum atomic E-state index is -4.48. The normalized spacial score (nSPS) is 12.5. The van der Waals surface area contributed by atoms with Crippen LogP contribution in [-0.4, -0.2) is 4.98 Å². The Labute approximate surface area is 116 Å². The minimum absolute atomic E-state index is 0.186. The Morgan fingerprint density at radius 1 is 1.00 bits per heavy atom. The second-order valence-electron chi connectivity index (χ2n) is 4.60. The largest absolute Gasteiger partial charge is 0.416 e. The van der Waals surface area contributed by atoms with E-state index in [0.717, 1.165) is 12.1 Å². The van der Waals surface area contributed by atoms with Crippen molar-refractivity contribution in [3.8, 4) is 0 Å². The van der Waals surface area contributed by atoms with Crippen LogP contribution in [0.4, 0.5) is 22.0 Å². The lowest BCUT2D eigenvalue weighted by Gasteiger charge is -2.11. The molecule has 6 heteroatoms. The van der Waals surface area contributed by atoms with Crippen LogP contribution in [0, 0.1) is 0 Å². The molecule has 0 aliphatic rings. The monoisotopic (exact) mass is 297 g/mol. The summed E-state index contributed by atoms with van der Waals surface area (Å²) in [5.74, 6) is 0. The molecule has 0 saturated heterocycles. The van der Waals surface area contributed by atoms with Gasteiger partial charge in [-0.1, -0.05) is 18.2 Å². The molecule has 0 aliphatic carbocycles. The molecule has 1 heterocycles. The average Bonchev–Trinajstić information content (AvgIpc) is 2.44. The fraction of sp³-hybridized carbons (Fsp3) is 0.133. The van der Waals surface area contributed by atoms with E-state index >= 15 is 0 Å². The van der Waals surface area contributed by atoms with Crippen molar-refractivity contribution < 1.29 is 22.0 Å². The fourth-order valence-electron chi connectivity index (χ4n) is 2.35. The van der Waals surface area contributed by atoms with Gasteiger partial charge >= 0.3 is 6.18 Å². The first-order valence-corrected chi connectivity index (χ1v) is 6.04. The Balaban J connectivity index is 2.38. The standard InChI is InChI=1S/C15H8F5N/c16-14(17)11-2-1-3-12-13(11)10-5-4-9(15(18,19)20)6-8(10)7-21-12/h1-7,14H. The second-order valence-corrected chi connectivity index (χ2v) is 4.60. The van der Waals surface area contributed by atoms with E-state index in [4.69, 9.17) is 0 Å². The molecule has 0 atom stereocenters. The van der Waals surface area contributed by atoms with Gasteiger partial charge < -0.3 is 0 Å². The van der Waals surface area contributed by atoms with Crippen LogP contribution in [0.3, 0.4) is 0 Å². The van der Waals surface area contributed by atoms with Crippen LogP contribution in [0.5, 0.6) is 0 Å². The van der Waals surface area contributed by atoms with Crippen LogP contribution in [0.25, 0.3) is 21.7 Å². The third-order valence-corrected chi connectivity index (χ3v) is 3.30. The number of halogens is 5. The lowest BCUT2D eigenvalue weighted by molar-refractivity contribution is -0.137. The zero-order valence-electron chi connectivity index (χ0n) is 10.5. The Hall–Kier alpha value is -2.24. The van der Waals surface area contributed by atoms with E-state index < -0.39 is 18.2 Å². The van der Waals surface area contributed by atoms with Crippen LogP contribution in [-0.2, 0) is 6.18 Å². The van der Waals surface area contributed by atoms with Gasteiger partial charge in [0.2, 0.25) is 0 Å². The number of benzene rings is 2. The molecule has 1 aromatic heterocycles. The Morgan fingerprint density at radius 2 is 1.76 bits per heavy atom. The van der Waals surface area contributed by atoms with Crippen molar-refractivity contribution in [1.82, 2.24) is 4.98 Å². The van der Waals surface area contributed by atoms with Crippen molar-refractivity contribution in [2.24, 2.45) is 0 Å². The van der Waals surface area contributed by atoms with E-state index in [1.807, 2.05) is 0 Å². The number of pyridine rings is 1. The Kier molecular flexibility index (Phi) is 3.04. The third-order valence-electron chi connectivity index (χ3n) is 3.30. The summed E-state index contributed by atoms with van der Waals surface area (Å²) in [5.41, 5.74) is -0.726. The Morgan fingerprint density at radius 3 is 2.43 bits per heavy atom. The lowest BCUT2D eigenvalue weighted by atomic mass is 10.0. The minimum Gasteiger partial charge on any atom is -0.256 e. The number of fused-ring (bicyclic) bond motifs is 3. The summed E-state index contributed by atoms with van der Waals surface area (Å²) in [6.07, 6.45) is -5.93. The highest BCUT2D eigenvalue weighted by Crippen LogP contribution is 2.35. The molecule has 3 rings (SSSR count). The van der Waals surface area contributed by atoms with Crippen molar-refractivity contribution in [3.63, 3.8) is 0 Å². The van der Waals surface area contributed by atoms with Gasteiger partial charge in [-0.3, -0.25) is 4.98 Å². The van der Waals surface area contributed by atoms with Crippen LogP contribution in [0.15, 0.2) is 42.6 Å². The summed E-state index contributed by atoms with van der Waals surface area (Å²) >= 11 is 0. The molecule has 0 saturated carbocycles. The van der Waals surface area contributed by atoms with Crippen molar-refractivity contribution in [1.29, 1.82) is 0 Å². The van der Waals surface area contributed by atoms with Gasteiger partial charge in [0.25, 0.3) is 6.43 Å². The van der Waals surface area contributed by atoms with Gasteiger partial charge in [-0.15, -0.1) is 0 Å². The number of alkyl halides is 5. The SMILES string of the molecule is FC(F)c1cccc2ncc3cc(C(F)(F)F)ccc3c12. The molecule has 0 amide bonds. The summed E-state index contributed by atoms with van der Waals surface area (Å²) in [6.45, 7) is 0. The van der Waals surface area contributed by atoms with Crippen LogP contribution in [0.2, 0.25) is 0 Å².